The first kappa shape index (κ1) is 16.0. The predicted molar refractivity (Wildman–Crippen MR) is 86.5 cm³/mol. The van der Waals surface area contributed by atoms with Crippen LogP contribution in [0, 0.1) is 0 Å². The van der Waals surface area contributed by atoms with Gasteiger partial charge in [-0.25, -0.2) is 0 Å². The summed E-state index contributed by atoms with van der Waals surface area (Å²) in [4.78, 5) is 14.2. The summed E-state index contributed by atoms with van der Waals surface area (Å²) in [6.45, 7) is 8.15. The van der Waals surface area contributed by atoms with Gasteiger partial charge in [0.25, 0.3) is 0 Å². The molecule has 0 aromatic heterocycles. The molecule has 1 amide bonds. The average molecular weight is 289 g/mol. The molecule has 0 spiro atoms. The van der Waals surface area contributed by atoms with E-state index in [9.17, 15) is 4.79 Å². The third-order valence-corrected chi connectivity index (χ3v) is 4.03. The van der Waals surface area contributed by atoms with E-state index in [1.54, 1.807) is 0 Å². The van der Waals surface area contributed by atoms with E-state index in [-0.39, 0.29) is 5.91 Å². The molecule has 116 valence electrons. The van der Waals surface area contributed by atoms with Crippen LogP contribution in [0.3, 0.4) is 0 Å². The lowest BCUT2D eigenvalue weighted by molar-refractivity contribution is -0.121. The van der Waals surface area contributed by atoms with Crippen molar-refractivity contribution >= 4 is 5.91 Å². The van der Waals surface area contributed by atoms with Crippen molar-refractivity contribution in [2.24, 2.45) is 0 Å². The molecule has 0 bridgehead atoms. The topological polar surface area (TPSA) is 44.4 Å². The Balaban J connectivity index is 1.60. The summed E-state index contributed by atoms with van der Waals surface area (Å²) in [5.41, 5.74) is 2.59. The SMILES string of the molecule is CCc1ccc(CCC(=O)NCCN2CCNCC2)cc1. The summed E-state index contributed by atoms with van der Waals surface area (Å²) in [6.07, 6.45) is 2.46. The molecule has 0 atom stereocenters. The smallest absolute Gasteiger partial charge is 0.220 e. The second-order valence-electron chi connectivity index (χ2n) is 5.61. The minimum atomic E-state index is 0.157. The second-order valence-corrected chi connectivity index (χ2v) is 5.61. The number of rotatable bonds is 7. The van der Waals surface area contributed by atoms with Crippen molar-refractivity contribution in [3.8, 4) is 0 Å². The van der Waals surface area contributed by atoms with Gasteiger partial charge in [-0.3, -0.25) is 9.69 Å². The zero-order valence-corrected chi connectivity index (χ0v) is 13.0. The molecule has 1 fully saturated rings. The van der Waals surface area contributed by atoms with Crippen LogP contribution in [0.4, 0.5) is 0 Å². The molecule has 1 aromatic rings. The average Bonchev–Trinajstić information content (AvgIpc) is 2.54. The molecule has 1 aliphatic rings. The Morgan fingerprint density at radius 1 is 1.19 bits per heavy atom. The molecule has 1 aromatic carbocycles. The fraction of sp³-hybridized carbons (Fsp3) is 0.588. The van der Waals surface area contributed by atoms with E-state index >= 15 is 0 Å². The molecule has 1 heterocycles. The molecule has 1 aliphatic heterocycles. The van der Waals surface area contributed by atoms with Gasteiger partial charge in [-0.05, 0) is 24.0 Å². The van der Waals surface area contributed by atoms with Crippen molar-refractivity contribution in [3.63, 3.8) is 0 Å². The maximum Gasteiger partial charge on any atom is 0.220 e. The first-order valence-corrected chi connectivity index (χ1v) is 8.05. The van der Waals surface area contributed by atoms with Crippen LogP contribution >= 0.6 is 0 Å². The number of hydrogen-bond donors (Lipinski definition) is 2. The Labute approximate surface area is 127 Å². The largest absolute Gasteiger partial charge is 0.355 e. The molecule has 4 nitrogen and oxygen atoms in total. The van der Waals surface area contributed by atoms with Gasteiger partial charge >= 0.3 is 0 Å². The molecular weight excluding hydrogens is 262 g/mol. The van der Waals surface area contributed by atoms with E-state index in [2.05, 4.69) is 46.7 Å². The molecule has 2 rings (SSSR count). The van der Waals surface area contributed by atoms with E-state index in [1.165, 1.54) is 11.1 Å². The van der Waals surface area contributed by atoms with Gasteiger partial charge < -0.3 is 10.6 Å². The molecule has 0 radical (unpaired) electrons. The van der Waals surface area contributed by atoms with Gasteiger partial charge in [0.05, 0.1) is 0 Å². The standard InChI is InChI=1S/C17H27N3O/c1-2-15-3-5-16(6-4-15)7-8-17(21)19-11-14-20-12-9-18-10-13-20/h3-6,18H,2,7-14H2,1H3,(H,19,21). The van der Waals surface area contributed by atoms with Crippen LogP contribution in [0.15, 0.2) is 24.3 Å². The van der Waals surface area contributed by atoms with Gasteiger partial charge in [0.1, 0.15) is 0 Å². The molecular formula is C17H27N3O. The highest BCUT2D eigenvalue weighted by molar-refractivity contribution is 5.76. The van der Waals surface area contributed by atoms with Crippen LogP contribution in [-0.4, -0.2) is 50.1 Å². The zero-order chi connectivity index (χ0) is 14.9. The van der Waals surface area contributed by atoms with Gasteiger partial charge in [0.15, 0.2) is 0 Å². The third-order valence-electron chi connectivity index (χ3n) is 4.03. The lowest BCUT2D eigenvalue weighted by Crippen LogP contribution is -2.46. The minimum Gasteiger partial charge on any atom is -0.355 e. The van der Waals surface area contributed by atoms with Crippen molar-refractivity contribution in [2.75, 3.05) is 39.3 Å². The number of piperazine rings is 1. The summed E-state index contributed by atoms with van der Waals surface area (Å²) < 4.78 is 0. The lowest BCUT2D eigenvalue weighted by atomic mass is 10.1. The summed E-state index contributed by atoms with van der Waals surface area (Å²) in [6, 6.07) is 8.56. The van der Waals surface area contributed by atoms with Crippen LogP contribution in [-0.2, 0) is 17.6 Å². The fourth-order valence-corrected chi connectivity index (χ4v) is 2.58. The number of carbonyl (C=O) groups excluding carboxylic acids is 1. The first-order chi connectivity index (χ1) is 10.3. The molecule has 0 aliphatic carbocycles. The Kier molecular flexibility index (Phi) is 6.70. The highest BCUT2D eigenvalue weighted by Crippen LogP contribution is 2.07. The number of benzene rings is 1. The van der Waals surface area contributed by atoms with Crippen molar-refractivity contribution in [2.45, 2.75) is 26.2 Å². The van der Waals surface area contributed by atoms with Gasteiger partial charge in [-0.15, -0.1) is 0 Å². The monoisotopic (exact) mass is 289 g/mol. The minimum absolute atomic E-state index is 0.157. The third kappa shape index (κ3) is 5.86. The molecule has 21 heavy (non-hydrogen) atoms. The summed E-state index contributed by atoms with van der Waals surface area (Å²) in [7, 11) is 0. The Morgan fingerprint density at radius 3 is 2.52 bits per heavy atom. The Hall–Kier alpha value is -1.39. The molecule has 4 heteroatoms. The van der Waals surface area contributed by atoms with Gasteiger partial charge in [-0.1, -0.05) is 31.2 Å². The summed E-state index contributed by atoms with van der Waals surface area (Å²) in [5, 5.41) is 6.35. The second kappa shape index (κ2) is 8.80. The van der Waals surface area contributed by atoms with Crippen LogP contribution in [0.25, 0.3) is 0 Å². The lowest BCUT2D eigenvalue weighted by Gasteiger charge is -2.27. The number of nitrogens with one attached hydrogen (secondary N) is 2. The van der Waals surface area contributed by atoms with E-state index in [1.807, 2.05) is 0 Å². The quantitative estimate of drug-likeness (QED) is 0.793. The molecule has 0 unspecified atom stereocenters. The normalized spacial score (nSPS) is 15.9. The molecule has 0 saturated carbocycles. The van der Waals surface area contributed by atoms with Crippen LogP contribution in [0.5, 0.6) is 0 Å². The van der Waals surface area contributed by atoms with Gasteiger partial charge in [-0.2, -0.15) is 0 Å². The van der Waals surface area contributed by atoms with Crippen molar-refractivity contribution in [1.82, 2.24) is 15.5 Å². The first-order valence-electron chi connectivity index (χ1n) is 8.05. The van der Waals surface area contributed by atoms with Crippen molar-refractivity contribution < 1.29 is 4.79 Å². The Morgan fingerprint density at radius 2 is 1.86 bits per heavy atom. The number of hydrogen-bond acceptors (Lipinski definition) is 3. The maximum absolute atomic E-state index is 11.8. The van der Waals surface area contributed by atoms with E-state index in [4.69, 9.17) is 0 Å². The van der Waals surface area contributed by atoms with E-state index in [0.29, 0.717) is 6.42 Å². The zero-order valence-electron chi connectivity index (χ0n) is 13.0. The van der Waals surface area contributed by atoms with Crippen LogP contribution in [0.1, 0.15) is 24.5 Å². The Bertz CT molecular complexity index is 424. The van der Waals surface area contributed by atoms with Crippen molar-refractivity contribution in [1.29, 1.82) is 0 Å². The maximum atomic E-state index is 11.8. The number of nitrogens with zero attached hydrogens (tertiary/aromatic N) is 1. The molecule has 2 N–H and O–H groups in total. The van der Waals surface area contributed by atoms with E-state index < -0.39 is 0 Å². The summed E-state index contributed by atoms with van der Waals surface area (Å²) >= 11 is 0. The number of carbonyl (C=O) groups is 1. The summed E-state index contributed by atoms with van der Waals surface area (Å²) in [5.74, 6) is 0.157. The van der Waals surface area contributed by atoms with Crippen LogP contribution in [0.2, 0.25) is 0 Å². The molecule has 1 saturated heterocycles. The predicted octanol–water partition coefficient (Wildman–Crippen LogP) is 1.20. The number of aryl methyl sites for hydroxylation is 2. The highest BCUT2D eigenvalue weighted by Gasteiger charge is 2.09. The number of amides is 1. The van der Waals surface area contributed by atoms with E-state index in [0.717, 1.165) is 52.1 Å². The highest BCUT2D eigenvalue weighted by atomic mass is 16.1. The fourth-order valence-electron chi connectivity index (χ4n) is 2.58. The van der Waals surface area contributed by atoms with Gasteiger partial charge in [0.2, 0.25) is 5.91 Å². The van der Waals surface area contributed by atoms with Crippen LogP contribution < -0.4 is 10.6 Å². The van der Waals surface area contributed by atoms with Gasteiger partial charge in [0, 0.05) is 45.7 Å². The van der Waals surface area contributed by atoms with Crippen molar-refractivity contribution in [3.05, 3.63) is 35.4 Å².